The maximum absolute atomic E-state index is 13.1. The highest BCUT2D eigenvalue weighted by Gasteiger charge is 2.25. The third-order valence-electron chi connectivity index (χ3n) is 5.81. The SMILES string of the molecule is CN(c1cccc(C#N)c1NS(=O)(=O)c1ccc(S(=O)(=O)N(C)C)cc1)C1CCCCC1. The molecule has 0 amide bonds. The molecule has 0 unspecified atom stereocenters. The Bertz CT molecular complexity index is 1210. The minimum absolute atomic E-state index is 0.00315. The zero-order valence-electron chi connectivity index (χ0n) is 18.4. The standard InChI is InChI=1S/C22H28N4O4S2/c1-25(2)32(29,30)20-14-12-19(13-15-20)31(27,28)24-22-17(16-23)8-7-11-21(22)26(3)18-9-5-4-6-10-18/h7-8,11-15,18,24H,4-6,9-10H2,1-3H3. The molecular weight excluding hydrogens is 448 g/mol. The Morgan fingerprint density at radius 2 is 1.50 bits per heavy atom. The molecule has 1 aliphatic carbocycles. The highest BCUT2D eigenvalue weighted by atomic mass is 32.2. The van der Waals surface area contributed by atoms with Crippen LogP contribution in [0.4, 0.5) is 11.4 Å². The quantitative estimate of drug-likeness (QED) is 0.656. The van der Waals surface area contributed by atoms with E-state index in [1.807, 2.05) is 11.9 Å². The van der Waals surface area contributed by atoms with Gasteiger partial charge in [0.05, 0.1) is 26.7 Å². The van der Waals surface area contributed by atoms with E-state index in [-0.39, 0.29) is 27.1 Å². The molecule has 3 rings (SSSR count). The first-order valence-electron chi connectivity index (χ1n) is 10.4. The second-order valence-electron chi connectivity index (χ2n) is 8.08. The summed E-state index contributed by atoms with van der Waals surface area (Å²) in [6.45, 7) is 0. The number of anilines is 2. The van der Waals surface area contributed by atoms with Crippen molar-refractivity contribution in [2.75, 3.05) is 30.8 Å². The van der Waals surface area contributed by atoms with E-state index in [0.717, 1.165) is 30.0 Å². The van der Waals surface area contributed by atoms with Crippen molar-refractivity contribution in [3.63, 3.8) is 0 Å². The van der Waals surface area contributed by atoms with E-state index < -0.39 is 20.0 Å². The first kappa shape index (κ1) is 24.0. The lowest BCUT2D eigenvalue weighted by Crippen LogP contribution is -2.34. The number of hydrogen-bond donors (Lipinski definition) is 1. The zero-order chi connectivity index (χ0) is 23.5. The molecule has 1 aliphatic rings. The van der Waals surface area contributed by atoms with E-state index in [4.69, 9.17) is 0 Å². The number of benzene rings is 2. The third-order valence-corrected chi connectivity index (χ3v) is 9.01. The Morgan fingerprint density at radius 3 is 2.06 bits per heavy atom. The van der Waals surface area contributed by atoms with Crippen LogP contribution in [-0.2, 0) is 20.0 Å². The fraction of sp³-hybridized carbons (Fsp3) is 0.409. The number of para-hydroxylation sites is 1. The average molecular weight is 477 g/mol. The molecule has 1 N–H and O–H groups in total. The molecule has 10 heteroatoms. The Morgan fingerprint density at radius 1 is 0.906 bits per heavy atom. The number of nitrogens with zero attached hydrogens (tertiary/aromatic N) is 3. The maximum Gasteiger partial charge on any atom is 0.262 e. The summed E-state index contributed by atoms with van der Waals surface area (Å²) in [7, 11) is -2.99. The monoisotopic (exact) mass is 476 g/mol. The van der Waals surface area contributed by atoms with Crippen molar-refractivity contribution in [1.29, 1.82) is 5.26 Å². The third kappa shape index (κ3) is 4.90. The summed E-state index contributed by atoms with van der Waals surface area (Å²) in [5, 5.41) is 9.61. The van der Waals surface area contributed by atoms with E-state index >= 15 is 0 Å². The predicted octanol–water partition coefficient (Wildman–Crippen LogP) is 3.38. The molecule has 0 atom stereocenters. The average Bonchev–Trinajstić information content (AvgIpc) is 2.79. The van der Waals surface area contributed by atoms with Gasteiger partial charge in [-0.05, 0) is 49.2 Å². The van der Waals surface area contributed by atoms with Crippen molar-refractivity contribution in [3.8, 4) is 6.07 Å². The molecule has 32 heavy (non-hydrogen) atoms. The van der Waals surface area contributed by atoms with Crippen LogP contribution in [0.15, 0.2) is 52.3 Å². The number of hydrogen-bond acceptors (Lipinski definition) is 6. The molecule has 172 valence electrons. The van der Waals surface area contributed by atoms with Crippen LogP contribution in [0, 0.1) is 11.3 Å². The molecule has 0 radical (unpaired) electrons. The molecule has 0 aliphatic heterocycles. The molecule has 0 bridgehead atoms. The zero-order valence-corrected chi connectivity index (χ0v) is 20.1. The Labute approximate surface area is 190 Å². The van der Waals surface area contributed by atoms with Crippen molar-refractivity contribution in [1.82, 2.24) is 4.31 Å². The molecule has 1 fully saturated rings. The number of nitriles is 1. The second-order valence-corrected chi connectivity index (χ2v) is 11.9. The van der Waals surface area contributed by atoms with Crippen LogP contribution < -0.4 is 9.62 Å². The van der Waals surface area contributed by atoms with Crippen LogP contribution in [0.1, 0.15) is 37.7 Å². The van der Waals surface area contributed by atoms with E-state index in [0.29, 0.717) is 5.69 Å². The van der Waals surface area contributed by atoms with E-state index in [2.05, 4.69) is 10.8 Å². The van der Waals surface area contributed by atoms with Gasteiger partial charge in [0.15, 0.2) is 0 Å². The predicted molar refractivity (Wildman–Crippen MR) is 125 cm³/mol. The molecule has 0 aromatic heterocycles. The fourth-order valence-corrected chi connectivity index (χ4v) is 5.89. The van der Waals surface area contributed by atoms with Gasteiger partial charge in [0.1, 0.15) is 6.07 Å². The van der Waals surface area contributed by atoms with Crippen LogP contribution in [0.3, 0.4) is 0 Å². The van der Waals surface area contributed by atoms with Crippen LogP contribution in [0.5, 0.6) is 0 Å². The first-order valence-corrected chi connectivity index (χ1v) is 13.3. The lowest BCUT2D eigenvalue weighted by molar-refractivity contribution is 0.428. The van der Waals surface area contributed by atoms with Crippen molar-refractivity contribution in [2.24, 2.45) is 0 Å². The Balaban J connectivity index is 1.96. The second kappa shape index (κ2) is 9.48. The van der Waals surface area contributed by atoms with Crippen molar-refractivity contribution < 1.29 is 16.8 Å². The molecule has 2 aromatic rings. The van der Waals surface area contributed by atoms with E-state index in [1.54, 1.807) is 18.2 Å². The minimum atomic E-state index is -4.05. The molecule has 8 nitrogen and oxygen atoms in total. The van der Waals surface area contributed by atoms with Gasteiger partial charge in [-0.2, -0.15) is 5.26 Å². The lowest BCUT2D eigenvalue weighted by Gasteiger charge is -2.34. The van der Waals surface area contributed by atoms with E-state index in [1.165, 1.54) is 44.8 Å². The van der Waals surface area contributed by atoms with Gasteiger partial charge in [0.2, 0.25) is 10.0 Å². The topological polar surface area (TPSA) is 111 Å². The Kier molecular flexibility index (Phi) is 7.12. The van der Waals surface area contributed by atoms with Gasteiger partial charge >= 0.3 is 0 Å². The summed E-state index contributed by atoms with van der Waals surface area (Å²) in [6, 6.07) is 12.5. The van der Waals surface area contributed by atoms with Crippen molar-refractivity contribution >= 4 is 31.4 Å². The Hall–Kier alpha value is -2.61. The summed E-state index contributed by atoms with van der Waals surface area (Å²) in [6.07, 6.45) is 5.47. The van der Waals surface area contributed by atoms with Gasteiger partial charge in [-0.3, -0.25) is 4.72 Å². The summed E-state index contributed by atoms with van der Waals surface area (Å²) < 4.78 is 54.4. The fourth-order valence-electron chi connectivity index (χ4n) is 3.89. The highest BCUT2D eigenvalue weighted by Crippen LogP contribution is 2.35. The normalized spacial score (nSPS) is 15.3. The van der Waals surface area contributed by atoms with Gasteiger partial charge in [0, 0.05) is 27.2 Å². The number of rotatable bonds is 7. The van der Waals surface area contributed by atoms with Crippen molar-refractivity contribution in [2.45, 2.75) is 47.9 Å². The lowest BCUT2D eigenvalue weighted by atomic mass is 9.94. The molecule has 0 saturated heterocycles. The summed E-state index contributed by atoms with van der Waals surface area (Å²) >= 11 is 0. The first-order chi connectivity index (χ1) is 15.1. The maximum atomic E-state index is 13.1. The van der Waals surface area contributed by atoms with Gasteiger partial charge in [-0.25, -0.2) is 21.1 Å². The molecule has 2 aromatic carbocycles. The highest BCUT2D eigenvalue weighted by molar-refractivity contribution is 7.92. The van der Waals surface area contributed by atoms with Crippen LogP contribution >= 0.6 is 0 Å². The van der Waals surface area contributed by atoms with Gasteiger partial charge < -0.3 is 4.90 Å². The van der Waals surface area contributed by atoms with Gasteiger partial charge in [-0.15, -0.1) is 0 Å². The molecule has 0 spiro atoms. The summed E-state index contributed by atoms with van der Waals surface area (Å²) in [5.41, 5.74) is 1.10. The van der Waals surface area contributed by atoms with Crippen molar-refractivity contribution in [3.05, 3.63) is 48.0 Å². The molecule has 1 saturated carbocycles. The number of sulfonamides is 2. The summed E-state index contributed by atoms with van der Waals surface area (Å²) in [5.74, 6) is 0. The molecular formula is C22H28N4O4S2. The van der Waals surface area contributed by atoms with Gasteiger partial charge in [-0.1, -0.05) is 25.3 Å². The smallest absolute Gasteiger partial charge is 0.262 e. The van der Waals surface area contributed by atoms with Crippen LogP contribution in [0.25, 0.3) is 0 Å². The minimum Gasteiger partial charge on any atom is -0.370 e. The molecule has 0 heterocycles. The summed E-state index contributed by atoms with van der Waals surface area (Å²) in [4.78, 5) is 1.95. The van der Waals surface area contributed by atoms with Gasteiger partial charge in [0.25, 0.3) is 10.0 Å². The van der Waals surface area contributed by atoms with Crippen LogP contribution in [0.2, 0.25) is 0 Å². The number of nitrogens with one attached hydrogen (secondary N) is 1. The van der Waals surface area contributed by atoms with E-state index in [9.17, 15) is 22.1 Å². The largest absolute Gasteiger partial charge is 0.370 e. The van der Waals surface area contributed by atoms with Crippen LogP contribution in [-0.4, -0.2) is 48.3 Å².